The average Bonchev–Trinajstić information content (AvgIpc) is 2.56. The topological polar surface area (TPSA) is 41.1 Å². The zero-order valence-corrected chi connectivity index (χ0v) is 17.1. The normalized spacial score (nSPS) is 10.5. The minimum Gasteiger partial charge on any atom is -0.332 e. The lowest BCUT2D eigenvalue weighted by Crippen LogP contribution is -2.34. The zero-order valence-electron chi connectivity index (χ0n) is 15.5. The molecule has 0 spiro atoms. The van der Waals surface area contributed by atoms with E-state index in [1.807, 2.05) is 19.1 Å². The van der Waals surface area contributed by atoms with Crippen molar-refractivity contribution in [3.63, 3.8) is 0 Å². The molecule has 0 aliphatic rings. The molecule has 0 heterocycles. The van der Waals surface area contributed by atoms with E-state index in [0.29, 0.717) is 16.6 Å². The summed E-state index contributed by atoms with van der Waals surface area (Å²) in [6.45, 7) is 4.18. The SMILES string of the molecule is CCCCCCCCCCCC(=O)NC(=S)Nc1ccc(Cl)cc1C. The molecule has 0 fully saturated rings. The van der Waals surface area contributed by atoms with Gasteiger partial charge in [-0.3, -0.25) is 4.79 Å². The maximum absolute atomic E-state index is 11.9. The molecule has 0 aliphatic heterocycles. The minimum atomic E-state index is -0.0212. The van der Waals surface area contributed by atoms with Crippen LogP contribution in [0.3, 0.4) is 0 Å². The second kappa shape index (κ2) is 13.1. The van der Waals surface area contributed by atoms with Crippen LogP contribution in [-0.2, 0) is 4.79 Å². The molecule has 5 heteroatoms. The number of amides is 1. The number of hydrogen-bond acceptors (Lipinski definition) is 2. The van der Waals surface area contributed by atoms with Crippen LogP contribution in [0.2, 0.25) is 5.02 Å². The minimum absolute atomic E-state index is 0.0212. The summed E-state index contributed by atoms with van der Waals surface area (Å²) in [5.74, 6) is -0.0212. The summed E-state index contributed by atoms with van der Waals surface area (Å²) in [5, 5.41) is 6.81. The number of benzene rings is 1. The summed E-state index contributed by atoms with van der Waals surface area (Å²) in [6, 6.07) is 5.51. The van der Waals surface area contributed by atoms with Crippen molar-refractivity contribution in [3.05, 3.63) is 28.8 Å². The maximum Gasteiger partial charge on any atom is 0.226 e. The molecule has 0 aromatic heterocycles. The number of carbonyl (C=O) groups is 1. The molecule has 0 radical (unpaired) electrons. The molecule has 140 valence electrons. The van der Waals surface area contributed by atoms with Gasteiger partial charge in [0.1, 0.15) is 0 Å². The van der Waals surface area contributed by atoms with Gasteiger partial charge in [-0.15, -0.1) is 0 Å². The Labute approximate surface area is 162 Å². The van der Waals surface area contributed by atoms with E-state index in [9.17, 15) is 4.79 Å². The molecule has 0 aliphatic carbocycles. The Kier molecular flexibility index (Phi) is 11.5. The lowest BCUT2D eigenvalue weighted by atomic mass is 10.1. The first-order valence-corrected chi connectivity index (χ1v) is 10.2. The van der Waals surface area contributed by atoms with Gasteiger partial charge in [0.2, 0.25) is 5.91 Å². The molecule has 0 saturated carbocycles. The maximum atomic E-state index is 11.9. The van der Waals surface area contributed by atoms with E-state index in [1.54, 1.807) is 6.07 Å². The van der Waals surface area contributed by atoms with E-state index in [1.165, 1.54) is 44.9 Å². The zero-order chi connectivity index (χ0) is 18.5. The third kappa shape index (κ3) is 10.5. The number of thiocarbonyl (C=S) groups is 1. The van der Waals surface area contributed by atoms with Gasteiger partial charge in [0.25, 0.3) is 0 Å². The molecule has 25 heavy (non-hydrogen) atoms. The Morgan fingerprint density at radius 2 is 1.64 bits per heavy atom. The van der Waals surface area contributed by atoms with Crippen LogP contribution in [0.1, 0.15) is 76.7 Å². The van der Waals surface area contributed by atoms with Gasteiger partial charge >= 0.3 is 0 Å². The summed E-state index contributed by atoms with van der Waals surface area (Å²) >= 11 is 11.1. The molecule has 0 atom stereocenters. The second-order valence-electron chi connectivity index (χ2n) is 6.54. The fourth-order valence-corrected chi connectivity index (χ4v) is 3.16. The summed E-state index contributed by atoms with van der Waals surface area (Å²) < 4.78 is 0. The lowest BCUT2D eigenvalue weighted by molar-refractivity contribution is -0.119. The van der Waals surface area contributed by atoms with Crippen LogP contribution in [0.15, 0.2) is 18.2 Å². The fraction of sp³-hybridized carbons (Fsp3) is 0.600. The van der Waals surface area contributed by atoms with Crippen molar-refractivity contribution in [2.24, 2.45) is 0 Å². The van der Waals surface area contributed by atoms with Gasteiger partial charge in [0.05, 0.1) is 0 Å². The van der Waals surface area contributed by atoms with Crippen LogP contribution in [0.4, 0.5) is 5.69 Å². The quantitative estimate of drug-likeness (QED) is 0.344. The van der Waals surface area contributed by atoms with Gasteiger partial charge in [0.15, 0.2) is 5.11 Å². The number of nitrogens with one attached hydrogen (secondary N) is 2. The van der Waals surface area contributed by atoms with Gasteiger partial charge < -0.3 is 10.6 Å². The summed E-state index contributed by atoms with van der Waals surface area (Å²) in [7, 11) is 0. The average molecular weight is 383 g/mol. The van der Waals surface area contributed by atoms with Crippen molar-refractivity contribution in [2.45, 2.75) is 78.1 Å². The van der Waals surface area contributed by atoms with E-state index in [2.05, 4.69) is 17.6 Å². The van der Waals surface area contributed by atoms with Crippen molar-refractivity contribution in [1.82, 2.24) is 5.32 Å². The van der Waals surface area contributed by atoms with Gasteiger partial charge in [-0.1, -0.05) is 69.9 Å². The van der Waals surface area contributed by atoms with E-state index in [0.717, 1.165) is 24.1 Å². The molecular weight excluding hydrogens is 352 g/mol. The predicted molar refractivity (Wildman–Crippen MR) is 112 cm³/mol. The highest BCUT2D eigenvalue weighted by molar-refractivity contribution is 7.80. The monoisotopic (exact) mass is 382 g/mol. The molecular formula is C20H31ClN2OS. The Hall–Kier alpha value is -1.13. The van der Waals surface area contributed by atoms with Crippen molar-refractivity contribution in [1.29, 1.82) is 0 Å². The van der Waals surface area contributed by atoms with E-state index >= 15 is 0 Å². The third-order valence-electron chi connectivity index (χ3n) is 4.20. The van der Waals surface area contributed by atoms with Crippen LogP contribution in [0.25, 0.3) is 0 Å². The molecule has 0 unspecified atom stereocenters. The summed E-state index contributed by atoms with van der Waals surface area (Å²) in [6.07, 6.45) is 11.7. The molecule has 0 saturated heterocycles. The van der Waals surface area contributed by atoms with Crippen LogP contribution in [0.5, 0.6) is 0 Å². The fourth-order valence-electron chi connectivity index (χ4n) is 2.71. The summed E-state index contributed by atoms with van der Waals surface area (Å²) in [5.41, 5.74) is 1.85. The van der Waals surface area contributed by atoms with Gasteiger partial charge in [-0.05, 0) is 49.3 Å². The Morgan fingerprint density at radius 1 is 1.04 bits per heavy atom. The second-order valence-corrected chi connectivity index (χ2v) is 7.38. The number of hydrogen-bond donors (Lipinski definition) is 2. The van der Waals surface area contributed by atoms with E-state index in [-0.39, 0.29) is 5.91 Å². The molecule has 1 amide bonds. The van der Waals surface area contributed by atoms with Crippen molar-refractivity contribution >= 4 is 40.5 Å². The number of unbranched alkanes of at least 4 members (excludes halogenated alkanes) is 8. The van der Waals surface area contributed by atoms with Crippen LogP contribution in [0, 0.1) is 6.92 Å². The summed E-state index contributed by atoms with van der Waals surface area (Å²) in [4.78, 5) is 11.9. The van der Waals surface area contributed by atoms with Crippen molar-refractivity contribution in [2.75, 3.05) is 5.32 Å². The standard InChI is InChI=1S/C20H31ClN2OS/c1-3-4-5-6-7-8-9-10-11-12-19(24)23-20(25)22-18-14-13-17(21)15-16(18)2/h13-15H,3-12H2,1-2H3,(H2,22,23,24,25). The first kappa shape index (κ1) is 21.9. The third-order valence-corrected chi connectivity index (χ3v) is 4.64. The number of rotatable bonds is 11. The largest absolute Gasteiger partial charge is 0.332 e. The molecule has 1 aromatic rings. The molecule has 0 bridgehead atoms. The first-order chi connectivity index (χ1) is 12.0. The Bertz CT molecular complexity index is 548. The van der Waals surface area contributed by atoms with Crippen molar-refractivity contribution in [3.8, 4) is 0 Å². The lowest BCUT2D eigenvalue weighted by Gasteiger charge is -2.12. The van der Waals surface area contributed by atoms with Crippen LogP contribution < -0.4 is 10.6 Å². The van der Waals surface area contributed by atoms with Crippen LogP contribution in [-0.4, -0.2) is 11.0 Å². The van der Waals surface area contributed by atoms with E-state index in [4.69, 9.17) is 23.8 Å². The van der Waals surface area contributed by atoms with Gasteiger partial charge in [-0.2, -0.15) is 0 Å². The van der Waals surface area contributed by atoms with E-state index < -0.39 is 0 Å². The van der Waals surface area contributed by atoms with Crippen LogP contribution >= 0.6 is 23.8 Å². The Morgan fingerprint density at radius 3 is 2.24 bits per heavy atom. The highest BCUT2D eigenvalue weighted by atomic mass is 35.5. The predicted octanol–water partition coefficient (Wildman–Crippen LogP) is 6.38. The smallest absolute Gasteiger partial charge is 0.226 e. The molecule has 1 aromatic carbocycles. The molecule has 1 rings (SSSR count). The number of aryl methyl sites for hydroxylation is 1. The highest BCUT2D eigenvalue weighted by Crippen LogP contribution is 2.19. The van der Waals surface area contributed by atoms with Crippen molar-refractivity contribution < 1.29 is 4.79 Å². The first-order valence-electron chi connectivity index (χ1n) is 9.40. The molecule has 2 N–H and O–H groups in total. The highest BCUT2D eigenvalue weighted by Gasteiger charge is 2.06. The number of anilines is 1. The Balaban J connectivity index is 2.10. The number of halogens is 1. The molecule has 3 nitrogen and oxygen atoms in total. The van der Waals surface area contributed by atoms with Gasteiger partial charge in [-0.25, -0.2) is 0 Å². The number of carbonyl (C=O) groups excluding carboxylic acids is 1. The van der Waals surface area contributed by atoms with Gasteiger partial charge in [0, 0.05) is 17.1 Å².